The normalized spacial score (nSPS) is 15.2. The lowest BCUT2D eigenvalue weighted by Gasteiger charge is -2.36. The van der Waals surface area contributed by atoms with Crippen molar-refractivity contribution in [2.24, 2.45) is 0 Å². The summed E-state index contributed by atoms with van der Waals surface area (Å²) in [6, 6.07) is 23.4. The smallest absolute Gasteiger partial charge is 0.236 e. The Morgan fingerprint density at radius 1 is 0.967 bits per heavy atom. The molecule has 3 aromatic rings. The summed E-state index contributed by atoms with van der Waals surface area (Å²) in [5.41, 5.74) is 3.77. The van der Waals surface area contributed by atoms with Crippen molar-refractivity contribution < 1.29 is 4.79 Å². The molecule has 30 heavy (non-hydrogen) atoms. The minimum Gasteiger partial charge on any atom is -0.368 e. The molecule has 0 spiro atoms. The van der Waals surface area contributed by atoms with Gasteiger partial charge in [-0.2, -0.15) is 0 Å². The van der Waals surface area contributed by atoms with Crippen molar-refractivity contribution in [1.29, 1.82) is 0 Å². The molecule has 1 N–H and O–H groups in total. The standard InChI is InChI=1S/C25H29N3OS/c1-2-20-10-12-21(13-11-20)25(23-9-6-18-30-23)26-19-24(29)28-16-14-27(15-17-28)22-7-4-3-5-8-22/h3-13,18,25-26H,2,14-17,19H2,1H3/t25-/m1/s1. The number of hydrogen-bond acceptors (Lipinski definition) is 4. The average Bonchev–Trinajstić information content (AvgIpc) is 3.35. The third-order valence-corrected chi connectivity index (χ3v) is 6.70. The van der Waals surface area contributed by atoms with Crippen LogP contribution in [0.2, 0.25) is 0 Å². The van der Waals surface area contributed by atoms with E-state index in [-0.39, 0.29) is 11.9 Å². The summed E-state index contributed by atoms with van der Waals surface area (Å²) in [6.07, 6.45) is 1.03. The molecule has 1 fully saturated rings. The summed E-state index contributed by atoms with van der Waals surface area (Å²) >= 11 is 1.73. The number of para-hydroxylation sites is 1. The molecule has 1 atom stereocenters. The fourth-order valence-corrected chi connectivity index (χ4v) is 4.76. The van der Waals surface area contributed by atoms with E-state index in [0.717, 1.165) is 32.6 Å². The molecule has 4 rings (SSSR count). The lowest BCUT2D eigenvalue weighted by atomic mass is 10.0. The second kappa shape index (κ2) is 9.92. The highest BCUT2D eigenvalue weighted by molar-refractivity contribution is 7.10. The van der Waals surface area contributed by atoms with Gasteiger partial charge in [-0.25, -0.2) is 0 Å². The van der Waals surface area contributed by atoms with Crippen LogP contribution >= 0.6 is 11.3 Å². The van der Waals surface area contributed by atoms with Crippen molar-refractivity contribution in [3.8, 4) is 0 Å². The quantitative estimate of drug-likeness (QED) is 0.619. The van der Waals surface area contributed by atoms with Gasteiger partial charge in [0, 0.05) is 36.7 Å². The third kappa shape index (κ3) is 4.91. The Bertz CT molecular complexity index is 917. The van der Waals surface area contributed by atoms with E-state index in [1.54, 1.807) is 11.3 Å². The fourth-order valence-electron chi connectivity index (χ4n) is 3.94. The summed E-state index contributed by atoms with van der Waals surface area (Å²) in [7, 11) is 0. The summed E-state index contributed by atoms with van der Waals surface area (Å²) in [5.74, 6) is 0.175. The van der Waals surface area contributed by atoms with E-state index in [1.165, 1.54) is 21.7 Å². The first-order valence-electron chi connectivity index (χ1n) is 10.7. The predicted octanol–water partition coefficient (Wildman–Crippen LogP) is 4.34. The third-order valence-electron chi connectivity index (χ3n) is 5.76. The Morgan fingerprint density at radius 2 is 1.70 bits per heavy atom. The van der Waals surface area contributed by atoms with E-state index in [2.05, 4.69) is 83.2 Å². The molecule has 5 heteroatoms. The minimum atomic E-state index is 0.0467. The highest BCUT2D eigenvalue weighted by Crippen LogP contribution is 2.26. The van der Waals surface area contributed by atoms with Crippen molar-refractivity contribution in [3.05, 3.63) is 88.1 Å². The van der Waals surface area contributed by atoms with Crippen LogP contribution in [0, 0.1) is 0 Å². The number of nitrogens with zero attached hydrogens (tertiary/aromatic N) is 2. The maximum atomic E-state index is 12.9. The molecule has 2 heterocycles. The second-order valence-electron chi connectivity index (χ2n) is 7.63. The molecule has 1 aromatic heterocycles. The molecular weight excluding hydrogens is 390 g/mol. The van der Waals surface area contributed by atoms with E-state index >= 15 is 0 Å². The molecule has 0 bridgehead atoms. The number of thiophene rings is 1. The Morgan fingerprint density at radius 3 is 2.33 bits per heavy atom. The number of nitrogens with one attached hydrogen (secondary N) is 1. The summed E-state index contributed by atoms with van der Waals surface area (Å²) in [5, 5.41) is 5.61. The van der Waals surface area contributed by atoms with Gasteiger partial charge in [-0.1, -0.05) is 55.5 Å². The number of carbonyl (C=O) groups is 1. The lowest BCUT2D eigenvalue weighted by molar-refractivity contribution is -0.130. The summed E-state index contributed by atoms with van der Waals surface area (Å²) < 4.78 is 0. The lowest BCUT2D eigenvalue weighted by Crippen LogP contribution is -2.51. The molecule has 1 aliphatic heterocycles. The van der Waals surface area contributed by atoms with Gasteiger partial charge in [-0.05, 0) is 41.1 Å². The van der Waals surface area contributed by atoms with Gasteiger partial charge in [0.05, 0.1) is 12.6 Å². The molecule has 0 saturated carbocycles. The van der Waals surface area contributed by atoms with Gasteiger partial charge >= 0.3 is 0 Å². The van der Waals surface area contributed by atoms with E-state index in [9.17, 15) is 4.79 Å². The van der Waals surface area contributed by atoms with E-state index in [1.807, 2.05) is 11.0 Å². The first kappa shape index (κ1) is 20.6. The van der Waals surface area contributed by atoms with Gasteiger partial charge < -0.3 is 9.80 Å². The van der Waals surface area contributed by atoms with Gasteiger partial charge in [0.15, 0.2) is 0 Å². The number of aryl methyl sites for hydroxylation is 1. The van der Waals surface area contributed by atoms with Gasteiger partial charge in [-0.15, -0.1) is 11.3 Å². The molecule has 0 radical (unpaired) electrons. The van der Waals surface area contributed by atoms with Gasteiger partial charge in [-0.3, -0.25) is 10.1 Å². The van der Waals surface area contributed by atoms with Gasteiger partial charge in [0.25, 0.3) is 0 Å². The zero-order valence-electron chi connectivity index (χ0n) is 17.5. The van der Waals surface area contributed by atoms with Crippen LogP contribution in [-0.2, 0) is 11.2 Å². The molecule has 0 aliphatic carbocycles. The number of benzene rings is 2. The molecular formula is C25H29N3OS. The van der Waals surface area contributed by atoms with Crippen molar-refractivity contribution >= 4 is 22.9 Å². The molecule has 1 aliphatic rings. The average molecular weight is 420 g/mol. The van der Waals surface area contributed by atoms with E-state index < -0.39 is 0 Å². The number of rotatable bonds is 7. The van der Waals surface area contributed by atoms with Gasteiger partial charge in [0.2, 0.25) is 5.91 Å². The number of hydrogen-bond donors (Lipinski definition) is 1. The second-order valence-corrected chi connectivity index (χ2v) is 8.61. The van der Waals surface area contributed by atoms with Crippen LogP contribution in [0.4, 0.5) is 5.69 Å². The van der Waals surface area contributed by atoms with Crippen LogP contribution in [-0.4, -0.2) is 43.5 Å². The first-order chi connectivity index (χ1) is 14.7. The Balaban J connectivity index is 1.36. The monoisotopic (exact) mass is 419 g/mol. The van der Waals surface area contributed by atoms with Gasteiger partial charge in [0.1, 0.15) is 0 Å². The number of anilines is 1. The van der Waals surface area contributed by atoms with Crippen LogP contribution in [0.3, 0.4) is 0 Å². The predicted molar refractivity (Wildman–Crippen MR) is 125 cm³/mol. The zero-order valence-corrected chi connectivity index (χ0v) is 18.3. The van der Waals surface area contributed by atoms with Crippen molar-refractivity contribution in [2.45, 2.75) is 19.4 Å². The number of amides is 1. The molecule has 2 aromatic carbocycles. The highest BCUT2D eigenvalue weighted by atomic mass is 32.1. The maximum Gasteiger partial charge on any atom is 0.236 e. The summed E-state index contributed by atoms with van der Waals surface area (Å²) in [4.78, 5) is 18.5. The molecule has 0 unspecified atom stereocenters. The van der Waals surface area contributed by atoms with E-state index in [4.69, 9.17) is 0 Å². The molecule has 1 amide bonds. The largest absolute Gasteiger partial charge is 0.368 e. The highest BCUT2D eigenvalue weighted by Gasteiger charge is 2.23. The molecule has 4 nitrogen and oxygen atoms in total. The Hall–Kier alpha value is -2.63. The minimum absolute atomic E-state index is 0.0467. The molecule has 156 valence electrons. The van der Waals surface area contributed by atoms with E-state index in [0.29, 0.717) is 6.54 Å². The summed E-state index contributed by atoms with van der Waals surface area (Å²) in [6.45, 7) is 5.81. The van der Waals surface area contributed by atoms with Crippen LogP contribution in [0.25, 0.3) is 0 Å². The topological polar surface area (TPSA) is 35.6 Å². The van der Waals surface area contributed by atoms with Crippen LogP contribution < -0.4 is 10.2 Å². The van der Waals surface area contributed by atoms with Crippen molar-refractivity contribution in [2.75, 3.05) is 37.6 Å². The van der Waals surface area contributed by atoms with Crippen molar-refractivity contribution in [3.63, 3.8) is 0 Å². The number of carbonyl (C=O) groups excluding carboxylic acids is 1. The SMILES string of the molecule is CCc1ccc([C@@H](NCC(=O)N2CCN(c3ccccc3)CC2)c2cccs2)cc1. The van der Waals surface area contributed by atoms with Crippen LogP contribution in [0.15, 0.2) is 72.1 Å². The maximum absolute atomic E-state index is 12.9. The van der Waals surface area contributed by atoms with Crippen LogP contribution in [0.5, 0.6) is 0 Å². The Kier molecular flexibility index (Phi) is 6.82. The van der Waals surface area contributed by atoms with Crippen molar-refractivity contribution in [1.82, 2.24) is 10.2 Å². The Labute approximate surface area is 183 Å². The number of piperazine rings is 1. The molecule has 1 saturated heterocycles. The fraction of sp³-hybridized carbons (Fsp3) is 0.320. The van der Waals surface area contributed by atoms with Crippen LogP contribution in [0.1, 0.15) is 29.0 Å². The first-order valence-corrected chi connectivity index (χ1v) is 11.6. The zero-order chi connectivity index (χ0) is 20.8.